The van der Waals surface area contributed by atoms with Crippen molar-refractivity contribution in [2.24, 2.45) is 5.73 Å². The first kappa shape index (κ1) is 16.8. The number of ketones is 1. The fourth-order valence-corrected chi connectivity index (χ4v) is 3.07. The number of piperidine rings is 1. The predicted molar refractivity (Wildman–Crippen MR) is 85.7 cm³/mol. The Labute approximate surface area is 142 Å². The van der Waals surface area contributed by atoms with E-state index >= 15 is 0 Å². The first-order valence-corrected chi connectivity index (χ1v) is 7.69. The van der Waals surface area contributed by atoms with E-state index in [0.717, 1.165) is 0 Å². The Morgan fingerprint density at radius 2 is 2.00 bits per heavy atom. The predicted octanol–water partition coefficient (Wildman–Crippen LogP) is -0.925. The number of rotatable bonds is 2. The average molecular weight is 344 g/mol. The van der Waals surface area contributed by atoms with Crippen molar-refractivity contribution < 1.29 is 24.0 Å². The minimum absolute atomic E-state index is 0.0177. The fourth-order valence-electron chi connectivity index (χ4n) is 3.07. The lowest BCUT2D eigenvalue weighted by molar-refractivity contribution is -0.138. The molecule has 25 heavy (non-hydrogen) atoms. The Hall–Kier alpha value is -3.07. The normalized spacial score (nSPS) is 22.8. The molecular weight excluding hydrogens is 328 g/mol. The molecule has 0 aliphatic carbocycles. The number of anilines is 1. The summed E-state index contributed by atoms with van der Waals surface area (Å²) in [7, 11) is 0. The van der Waals surface area contributed by atoms with Crippen LogP contribution < -0.4 is 21.7 Å². The molecule has 1 unspecified atom stereocenters. The Bertz CT molecular complexity index is 819. The second kappa shape index (κ2) is 6.10. The van der Waals surface area contributed by atoms with Gasteiger partial charge in [-0.05, 0) is 12.5 Å². The summed E-state index contributed by atoms with van der Waals surface area (Å²) < 4.78 is 0. The van der Waals surface area contributed by atoms with Gasteiger partial charge in [-0.25, -0.2) is 0 Å². The minimum atomic E-state index is -1.48. The van der Waals surface area contributed by atoms with Gasteiger partial charge in [0.25, 0.3) is 11.8 Å². The zero-order valence-corrected chi connectivity index (χ0v) is 13.2. The highest BCUT2D eigenvalue weighted by Gasteiger charge is 2.48. The molecule has 2 aliphatic heterocycles. The summed E-state index contributed by atoms with van der Waals surface area (Å²) in [6, 6.07) is 4.46. The number of nitrogens with two attached hydrogens (primary N) is 1. The van der Waals surface area contributed by atoms with Crippen LogP contribution in [0.25, 0.3) is 0 Å². The van der Waals surface area contributed by atoms with Crippen LogP contribution in [0, 0.1) is 0 Å². The number of nitrogens with one attached hydrogen (secondary N) is 3. The molecule has 1 spiro atoms. The van der Waals surface area contributed by atoms with Crippen LogP contribution in [0.1, 0.15) is 40.0 Å². The Morgan fingerprint density at radius 3 is 2.68 bits per heavy atom. The average Bonchev–Trinajstić information content (AvgIpc) is 2.68. The van der Waals surface area contributed by atoms with E-state index in [0.29, 0.717) is 0 Å². The molecule has 0 bridgehead atoms. The number of Topliss-reactive ketones (excluding diaryl/α,β-unsaturated/α-hetero) is 1. The first-order valence-electron chi connectivity index (χ1n) is 7.69. The molecule has 9 nitrogen and oxygen atoms in total. The molecule has 2 heterocycles. The van der Waals surface area contributed by atoms with Gasteiger partial charge >= 0.3 is 0 Å². The summed E-state index contributed by atoms with van der Waals surface area (Å²) in [5.41, 5.74) is 4.02. The van der Waals surface area contributed by atoms with E-state index in [-0.39, 0.29) is 42.6 Å². The van der Waals surface area contributed by atoms with Gasteiger partial charge in [-0.3, -0.25) is 29.3 Å². The molecule has 1 atom stereocenters. The van der Waals surface area contributed by atoms with Gasteiger partial charge in [-0.2, -0.15) is 0 Å². The summed E-state index contributed by atoms with van der Waals surface area (Å²) in [6.45, 7) is -0.284. The summed E-state index contributed by atoms with van der Waals surface area (Å²) in [6.07, 6.45) is -0.209. The third-order valence-electron chi connectivity index (χ3n) is 4.33. The van der Waals surface area contributed by atoms with Crippen molar-refractivity contribution in [3.8, 4) is 0 Å². The highest BCUT2D eigenvalue weighted by molar-refractivity contribution is 6.18. The zero-order valence-electron chi connectivity index (χ0n) is 13.2. The molecule has 1 fully saturated rings. The lowest BCUT2D eigenvalue weighted by atomic mass is 9.83. The molecule has 1 saturated heterocycles. The highest BCUT2D eigenvalue weighted by atomic mass is 16.2. The van der Waals surface area contributed by atoms with Gasteiger partial charge in [0, 0.05) is 18.4 Å². The molecule has 5 N–H and O–H groups in total. The molecule has 2 aliphatic rings. The van der Waals surface area contributed by atoms with Crippen LogP contribution in [0.5, 0.6) is 0 Å². The van der Waals surface area contributed by atoms with Crippen molar-refractivity contribution in [1.82, 2.24) is 10.6 Å². The van der Waals surface area contributed by atoms with Gasteiger partial charge in [0.15, 0.2) is 5.78 Å². The quantitative estimate of drug-likeness (QED) is 0.510. The van der Waals surface area contributed by atoms with Gasteiger partial charge in [0.2, 0.25) is 11.8 Å². The second-order valence-corrected chi connectivity index (χ2v) is 5.99. The third-order valence-corrected chi connectivity index (χ3v) is 4.33. The van der Waals surface area contributed by atoms with E-state index in [2.05, 4.69) is 16.0 Å². The number of imide groups is 1. The fraction of sp³-hybridized carbons (Fsp3) is 0.312. The van der Waals surface area contributed by atoms with E-state index in [1.807, 2.05) is 0 Å². The number of amides is 4. The van der Waals surface area contributed by atoms with Crippen molar-refractivity contribution in [3.63, 3.8) is 0 Å². The number of benzene rings is 1. The third kappa shape index (κ3) is 2.89. The Morgan fingerprint density at radius 1 is 1.24 bits per heavy atom. The molecule has 3 rings (SSSR count). The number of carbonyl (C=O) groups is 5. The van der Waals surface area contributed by atoms with Crippen LogP contribution in [0.4, 0.5) is 5.69 Å². The Balaban J connectivity index is 2.04. The maximum Gasteiger partial charge on any atom is 0.255 e. The molecule has 0 radical (unpaired) electrons. The van der Waals surface area contributed by atoms with Crippen LogP contribution in [0.2, 0.25) is 0 Å². The van der Waals surface area contributed by atoms with E-state index < -0.39 is 35.0 Å². The molecule has 130 valence electrons. The van der Waals surface area contributed by atoms with Gasteiger partial charge in [-0.15, -0.1) is 0 Å². The molecule has 1 aromatic rings. The van der Waals surface area contributed by atoms with Gasteiger partial charge in [0.1, 0.15) is 5.54 Å². The summed E-state index contributed by atoms with van der Waals surface area (Å²) >= 11 is 0. The summed E-state index contributed by atoms with van der Waals surface area (Å²) in [4.78, 5) is 60.7. The topological polar surface area (TPSA) is 147 Å². The van der Waals surface area contributed by atoms with E-state index in [1.54, 1.807) is 0 Å². The van der Waals surface area contributed by atoms with Gasteiger partial charge < -0.3 is 16.4 Å². The van der Waals surface area contributed by atoms with E-state index in [9.17, 15) is 24.0 Å². The lowest BCUT2D eigenvalue weighted by Gasteiger charge is -2.34. The smallest absolute Gasteiger partial charge is 0.255 e. The van der Waals surface area contributed by atoms with E-state index in [4.69, 9.17) is 5.73 Å². The maximum absolute atomic E-state index is 12.7. The van der Waals surface area contributed by atoms with Crippen LogP contribution >= 0.6 is 0 Å². The minimum Gasteiger partial charge on any atom is -0.337 e. The van der Waals surface area contributed by atoms with Crippen molar-refractivity contribution in [2.45, 2.75) is 24.8 Å². The second-order valence-electron chi connectivity index (χ2n) is 5.99. The van der Waals surface area contributed by atoms with Crippen molar-refractivity contribution in [3.05, 3.63) is 29.3 Å². The monoisotopic (exact) mass is 344 g/mol. The number of fused-ring (bicyclic) bond motifs is 1. The molecule has 4 amide bonds. The standard InChI is InChI=1S/C16H16N4O5/c17-7-12(23)18-9-3-1-2-8-10(21)6-16(20-14(24)13(8)9)5-4-11(22)19-15(16)25/h1-3H,4-7,17H2,(H,18,23)(H,20,24)(H,19,22,25). The first-order chi connectivity index (χ1) is 11.9. The maximum atomic E-state index is 12.7. The number of hydrogen-bond donors (Lipinski definition) is 4. The molecule has 0 aromatic heterocycles. The van der Waals surface area contributed by atoms with Gasteiger partial charge in [-0.1, -0.05) is 12.1 Å². The van der Waals surface area contributed by atoms with Crippen molar-refractivity contribution in [1.29, 1.82) is 0 Å². The molecular formula is C16H16N4O5. The largest absolute Gasteiger partial charge is 0.337 e. The highest BCUT2D eigenvalue weighted by Crippen LogP contribution is 2.31. The van der Waals surface area contributed by atoms with Crippen LogP contribution in [-0.2, 0) is 14.4 Å². The lowest BCUT2D eigenvalue weighted by Crippen LogP contribution is -2.62. The Kier molecular flexibility index (Phi) is 4.09. The van der Waals surface area contributed by atoms with Crippen LogP contribution in [0.15, 0.2) is 18.2 Å². The number of hydrogen-bond acceptors (Lipinski definition) is 6. The molecule has 1 aromatic carbocycles. The van der Waals surface area contributed by atoms with Crippen LogP contribution in [-0.4, -0.2) is 41.5 Å². The van der Waals surface area contributed by atoms with Crippen LogP contribution in [0.3, 0.4) is 0 Å². The SMILES string of the molecule is NCC(=O)Nc1cccc2c1C(=O)NC1(CCC(=O)NC1=O)CC2=O. The number of carbonyl (C=O) groups excluding carboxylic acids is 5. The van der Waals surface area contributed by atoms with Crippen molar-refractivity contribution >= 4 is 35.1 Å². The van der Waals surface area contributed by atoms with Crippen molar-refractivity contribution in [2.75, 3.05) is 11.9 Å². The molecule has 9 heteroatoms. The summed E-state index contributed by atoms with van der Waals surface area (Å²) in [5, 5.41) is 7.21. The zero-order chi connectivity index (χ0) is 18.2. The van der Waals surface area contributed by atoms with Gasteiger partial charge in [0.05, 0.1) is 17.8 Å². The molecule has 0 saturated carbocycles. The summed E-state index contributed by atoms with van der Waals surface area (Å²) in [5.74, 6) is -2.77. The van der Waals surface area contributed by atoms with E-state index in [1.165, 1.54) is 18.2 Å².